The molecule has 0 radical (unpaired) electrons. The lowest BCUT2D eigenvalue weighted by atomic mass is 10.1. The molecule has 0 bridgehead atoms. The second-order valence-corrected chi connectivity index (χ2v) is 7.36. The average Bonchev–Trinajstić information content (AvgIpc) is 2.93. The van der Waals surface area contributed by atoms with E-state index in [1.54, 1.807) is 19.1 Å². The van der Waals surface area contributed by atoms with E-state index >= 15 is 0 Å². The minimum Gasteiger partial charge on any atom is -0.298 e. The summed E-state index contributed by atoms with van der Waals surface area (Å²) in [5.74, 6) is 0. The van der Waals surface area contributed by atoms with Gasteiger partial charge in [0.25, 0.3) is 10.0 Å². The van der Waals surface area contributed by atoms with Gasteiger partial charge in [-0.25, -0.2) is 12.4 Å². The van der Waals surface area contributed by atoms with Crippen LogP contribution in [0.2, 0.25) is 0 Å². The molecule has 0 saturated heterocycles. The predicted octanol–water partition coefficient (Wildman–Crippen LogP) is 4.02. The third kappa shape index (κ3) is 2.93. The van der Waals surface area contributed by atoms with Gasteiger partial charge in [-0.05, 0) is 31.2 Å². The Morgan fingerprint density at radius 3 is 2.24 bits per heavy atom. The molecule has 2 aromatic carbocycles. The molecule has 25 heavy (non-hydrogen) atoms. The number of nitrogens with zero attached hydrogens (tertiary/aromatic N) is 1. The van der Waals surface area contributed by atoms with Gasteiger partial charge in [0.2, 0.25) is 0 Å². The van der Waals surface area contributed by atoms with Gasteiger partial charge in [0.15, 0.2) is 6.29 Å². The molecule has 3 rings (SSSR count). The minimum absolute atomic E-state index is 0.000545. The first-order valence-corrected chi connectivity index (χ1v) is 8.58. The summed E-state index contributed by atoms with van der Waals surface area (Å²) < 4.78 is 65.3. The molecule has 130 valence electrons. The van der Waals surface area contributed by atoms with E-state index in [0.29, 0.717) is 10.3 Å². The molecule has 1 aromatic heterocycles. The monoisotopic (exact) mass is 367 g/mol. The molecule has 0 unspecified atom stereocenters. The van der Waals surface area contributed by atoms with Gasteiger partial charge in [0, 0.05) is 17.1 Å². The van der Waals surface area contributed by atoms with Crippen molar-refractivity contribution in [2.45, 2.75) is 18.0 Å². The lowest BCUT2D eigenvalue weighted by molar-refractivity contribution is -0.137. The molecule has 0 aliphatic heterocycles. The molecule has 8 heteroatoms. The van der Waals surface area contributed by atoms with Crippen molar-refractivity contribution in [1.29, 1.82) is 0 Å². The van der Waals surface area contributed by atoms with Crippen LogP contribution < -0.4 is 0 Å². The molecule has 3 aromatic rings. The summed E-state index contributed by atoms with van der Waals surface area (Å²) in [5.41, 5.74) is -0.350. The Kier molecular flexibility index (Phi) is 3.95. The van der Waals surface area contributed by atoms with Gasteiger partial charge in [-0.3, -0.25) is 4.79 Å². The predicted molar refractivity (Wildman–Crippen MR) is 86.1 cm³/mol. The van der Waals surface area contributed by atoms with Crippen LogP contribution in [0.25, 0.3) is 10.9 Å². The fourth-order valence-electron chi connectivity index (χ4n) is 2.52. The van der Waals surface area contributed by atoms with Crippen molar-refractivity contribution in [1.82, 2.24) is 3.97 Å². The van der Waals surface area contributed by atoms with Crippen LogP contribution in [0, 0.1) is 6.92 Å². The van der Waals surface area contributed by atoms with Crippen molar-refractivity contribution in [2.24, 2.45) is 0 Å². The van der Waals surface area contributed by atoms with E-state index in [4.69, 9.17) is 0 Å². The first kappa shape index (κ1) is 17.2. The lowest BCUT2D eigenvalue weighted by Gasteiger charge is -2.10. The normalized spacial score (nSPS) is 12.5. The number of aryl methyl sites for hydroxylation is 1. The molecule has 0 N–H and O–H groups in total. The van der Waals surface area contributed by atoms with E-state index in [1.165, 1.54) is 12.1 Å². The van der Waals surface area contributed by atoms with Crippen molar-refractivity contribution in [3.8, 4) is 0 Å². The average molecular weight is 367 g/mol. The molecule has 0 atom stereocenters. The number of fused-ring (bicyclic) bond motifs is 1. The van der Waals surface area contributed by atoms with Crippen LogP contribution >= 0.6 is 0 Å². The first-order chi connectivity index (χ1) is 11.6. The molecule has 0 amide bonds. The summed E-state index contributed by atoms with van der Waals surface area (Å²) in [7, 11) is -4.14. The number of rotatable bonds is 3. The van der Waals surface area contributed by atoms with Gasteiger partial charge in [-0.2, -0.15) is 13.2 Å². The van der Waals surface area contributed by atoms with Gasteiger partial charge in [0.05, 0.1) is 16.0 Å². The number of alkyl halides is 3. The summed E-state index contributed by atoms with van der Waals surface area (Å²) in [6.07, 6.45) is -3.18. The zero-order chi connectivity index (χ0) is 18.4. The third-order valence-corrected chi connectivity index (χ3v) is 5.52. The summed E-state index contributed by atoms with van der Waals surface area (Å²) in [5, 5.41) is 0.138. The summed E-state index contributed by atoms with van der Waals surface area (Å²) in [6, 6.07) is 8.55. The number of hydrogen-bond donors (Lipinski definition) is 0. The van der Waals surface area contributed by atoms with Crippen molar-refractivity contribution < 1.29 is 26.4 Å². The zero-order valence-electron chi connectivity index (χ0n) is 12.9. The number of benzene rings is 2. The van der Waals surface area contributed by atoms with Crippen molar-refractivity contribution in [3.05, 3.63) is 65.4 Å². The second-order valence-electron chi connectivity index (χ2n) is 5.55. The van der Waals surface area contributed by atoms with Crippen molar-refractivity contribution in [3.63, 3.8) is 0 Å². The van der Waals surface area contributed by atoms with E-state index in [9.17, 15) is 26.4 Å². The largest absolute Gasteiger partial charge is 0.416 e. The maximum absolute atomic E-state index is 13.0. The fraction of sp³-hybridized carbons (Fsp3) is 0.118. The molecule has 0 saturated carbocycles. The molecule has 1 heterocycles. The Hall–Kier alpha value is -2.61. The van der Waals surface area contributed by atoms with Crippen molar-refractivity contribution in [2.75, 3.05) is 0 Å². The minimum atomic E-state index is -4.63. The highest BCUT2D eigenvalue weighted by atomic mass is 32.2. The fourth-order valence-corrected chi connectivity index (χ4v) is 3.89. The summed E-state index contributed by atoms with van der Waals surface area (Å²) in [4.78, 5) is 11.1. The number of hydrogen-bond acceptors (Lipinski definition) is 3. The number of halogens is 3. The third-order valence-electron chi connectivity index (χ3n) is 3.83. The van der Waals surface area contributed by atoms with Crippen molar-refractivity contribution >= 4 is 27.2 Å². The van der Waals surface area contributed by atoms with E-state index < -0.39 is 21.8 Å². The standard InChI is InChI=1S/C17H12F3NO3S/c1-11-2-5-14(6-3-11)25(23,24)21-9-12(10-22)15-7-4-13(8-16(15)21)17(18,19)20/h2-10H,1H3. The molecule has 0 aliphatic rings. The molecular formula is C17H12F3NO3S. The first-order valence-electron chi connectivity index (χ1n) is 7.14. The maximum atomic E-state index is 13.0. The van der Waals surface area contributed by atoms with E-state index in [2.05, 4.69) is 0 Å². The Bertz CT molecular complexity index is 1060. The maximum Gasteiger partial charge on any atom is 0.416 e. The SMILES string of the molecule is Cc1ccc(S(=O)(=O)n2cc(C=O)c3ccc(C(F)(F)F)cc32)cc1. The topological polar surface area (TPSA) is 56.1 Å². The van der Waals surface area contributed by atoms with Crippen LogP contribution in [0.1, 0.15) is 21.5 Å². The molecule has 0 spiro atoms. The molecule has 0 fully saturated rings. The van der Waals surface area contributed by atoms with Crippen LogP contribution in [0.3, 0.4) is 0 Å². The Morgan fingerprint density at radius 1 is 1.04 bits per heavy atom. The number of carbonyl (C=O) groups is 1. The Labute approximate surface area is 141 Å². The van der Waals surface area contributed by atoms with Gasteiger partial charge in [-0.15, -0.1) is 0 Å². The van der Waals surface area contributed by atoms with E-state index in [1.807, 2.05) is 0 Å². The molecule has 4 nitrogen and oxygen atoms in total. The van der Waals surface area contributed by atoms with Gasteiger partial charge in [-0.1, -0.05) is 23.8 Å². The van der Waals surface area contributed by atoms with Crippen LogP contribution in [-0.2, 0) is 16.2 Å². The molecular weight excluding hydrogens is 355 g/mol. The van der Waals surface area contributed by atoms with Gasteiger partial charge in [0.1, 0.15) is 0 Å². The molecule has 0 aliphatic carbocycles. The van der Waals surface area contributed by atoms with Crippen LogP contribution in [0.15, 0.2) is 53.6 Å². The van der Waals surface area contributed by atoms with Crippen LogP contribution in [0.4, 0.5) is 13.2 Å². The van der Waals surface area contributed by atoms with Gasteiger partial charge >= 0.3 is 6.18 Å². The Balaban J connectivity index is 2.31. The zero-order valence-corrected chi connectivity index (χ0v) is 13.7. The summed E-state index contributed by atoms with van der Waals surface area (Å²) in [6.45, 7) is 1.78. The highest BCUT2D eigenvalue weighted by molar-refractivity contribution is 7.90. The van der Waals surface area contributed by atoms with Crippen LogP contribution in [0.5, 0.6) is 0 Å². The number of aldehydes is 1. The lowest BCUT2D eigenvalue weighted by Crippen LogP contribution is -2.12. The highest BCUT2D eigenvalue weighted by Crippen LogP contribution is 2.33. The Morgan fingerprint density at radius 2 is 1.68 bits per heavy atom. The van der Waals surface area contributed by atoms with Crippen LogP contribution in [-0.4, -0.2) is 18.7 Å². The smallest absolute Gasteiger partial charge is 0.298 e. The summed E-state index contributed by atoms with van der Waals surface area (Å²) >= 11 is 0. The van der Waals surface area contributed by atoms with E-state index in [-0.39, 0.29) is 21.4 Å². The number of carbonyl (C=O) groups excluding carboxylic acids is 1. The quantitative estimate of drug-likeness (QED) is 0.657. The van der Waals surface area contributed by atoms with E-state index in [0.717, 1.165) is 30.0 Å². The van der Waals surface area contributed by atoms with Gasteiger partial charge < -0.3 is 0 Å². The highest BCUT2D eigenvalue weighted by Gasteiger charge is 2.32. The second kappa shape index (κ2) is 5.73. The number of aromatic nitrogens is 1.